The van der Waals surface area contributed by atoms with Gasteiger partial charge in [0.05, 0.1) is 12.7 Å². The van der Waals surface area contributed by atoms with Crippen LogP contribution in [0.4, 0.5) is 8.78 Å². The summed E-state index contributed by atoms with van der Waals surface area (Å²) in [5.41, 5.74) is 0.285. The molecule has 0 N–H and O–H groups in total. The lowest BCUT2D eigenvalue weighted by atomic mass is 10.0. The Hall–Kier alpha value is -1.94. The Morgan fingerprint density at radius 3 is 2.70 bits per heavy atom. The fourth-order valence-electron chi connectivity index (χ4n) is 1.85. The zero-order valence-electron chi connectivity index (χ0n) is 10.6. The number of hydrogen-bond donors (Lipinski definition) is 0. The molecule has 0 aliphatic heterocycles. The lowest BCUT2D eigenvalue weighted by Crippen LogP contribution is -2.08. The van der Waals surface area contributed by atoms with E-state index in [4.69, 9.17) is 16.3 Å². The summed E-state index contributed by atoms with van der Waals surface area (Å²) in [5.74, 6) is -2.05. The SMILES string of the molecule is COc1cc(Cl)ccc1C(=O)Cc1cccc(F)c1F. The highest BCUT2D eigenvalue weighted by atomic mass is 35.5. The number of carbonyl (C=O) groups is 1. The number of hydrogen-bond acceptors (Lipinski definition) is 2. The second-order valence-electron chi connectivity index (χ2n) is 4.16. The molecule has 0 radical (unpaired) electrons. The van der Waals surface area contributed by atoms with Gasteiger partial charge in [-0.2, -0.15) is 0 Å². The Bertz CT molecular complexity index is 656. The summed E-state index contributed by atoms with van der Waals surface area (Å²) in [6, 6.07) is 8.28. The van der Waals surface area contributed by atoms with Crippen molar-refractivity contribution in [1.82, 2.24) is 0 Å². The van der Waals surface area contributed by atoms with Crippen LogP contribution in [-0.2, 0) is 6.42 Å². The van der Waals surface area contributed by atoms with Gasteiger partial charge in [0.25, 0.3) is 0 Å². The van der Waals surface area contributed by atoms with Gasteiger partial charge in [-0.05, 0) is 29.8 Å². The molecule has 0 aliphatic carbocycles. The number of carbonyl (C=O) groups excluding carboxylic acids is 1. The van der Waals surface area contributed by atoms with Crippen LogP contribution in [0.3, 0.4) is 0 Å². The molecule has 0 aliphatic rings. The standard InChI is InChI=1S/C15H11ClF2O2/c1-20-14-8-10(16)5-6-11(14)13(19)7-9-3-2-4-12(17)15(9)18/h2-6,8H,7H2,1H3. The van der Waals surface area contributed by atoms with Gasteiger partial charge in [-0.1, -0.05) is 23.7 Å². The second-order valence-corrected chi connectivity index (χ2v) is 4.59. The van der Waals surface area contributed by atoms with Crippen LogP contribution in [0.5, 0.6) is 5.75 Å². The summed E-state index contributed by atoms with van der Waals surface area (Å²) >= 11 is 5.81. The van der Waals surface area contributed by atoms with E-state index in [9.17, 15) is 13.6 Å². The number of ketones is 1. The van der Waals surface area contributed by atoms with E-state index in [0.29, 0.717) is 10.8 Å². The molecule has 2 nitrogen and oxygen atoms in total. The molecule has 0 saturated heterocycles. The van der Waals surface area contributed by atoms with Crippen LogP contribution in [-0.4, -0.2) is 12.9 Å². The van der Waals surface area contributed by atoms with Crippen LogP contribution in [0.1, 0.15) is 15.9 Å². The number of benzene rings is 2. The summed E-state index contributed by atoms with van der Waals surface area (Å²) in [7, 11) is 1.41. The quantitative estimate of drug-likeness (QED) is 0.796. The molecule has 0 unspecified atom stereocenters. The van der Waals surface area contributed by atoms with Gasteiger partial charge >= 0.3 is 0 Å². The van der Waals surface area contributed by atoms with E-state index in [1.165, 1.54) is 31.4 Å². The van der Waals surface area contributed by atoms with Crippen molar-refractivity contribution in [3.05, 3.63) is 64.2 Å². The molecule has 5 heteroatoms. The second kappa shape index (κ2) is 6.01. The topological polar surface area (TPSA) is 26.3 Å². The smallest absolute Gasteiger partial charge is 0.171 e. The predicted molar refractivity (Wildman–Crippen MR) is 72.4 cm³/mol. The summed E-state index contributed by atoms with van der Waals surface area (Å²) < 4.78 is 31.7. The highest BCUT2D eigenvalue weighted by molar-refractivity contribution is 6.30. The van der Waals surface area contributed by atoms with Gasteiger partial charge in [-0.15, -0.1) is 0 Å². The largest absolute Gasteiger partial charge is 0.496 e. The molecule has 0 heterocycles. The maximum Gasteiger partial charge on any atom is 0.171 e. The third-order valence-corrected chi connectivity index (χ3v) is 3.08. The Labute approximate surface area is 119 Å². The molecule has 0 fully saturated rings. The fourth-order valence-corrected chi connectivity index (χ4v) is 2.01. The molecule has 0 aromatic heterocycles. The third kappa shape index (κ3) is 2.96. The van der Waals surface area contributed by atoms with Crippen LogP contribution in [0.15, 0.2) is 36.4 Å². The Morgan fingerprint density at radius 1 is 1.25 bits per heavy atom. The maximum atomic E-state index is 13.5. The zero-order chi connectivity index (χ0) is 14.7. The minimum atomic E-state index is -1.01. The first-order chi connectivity index (χ1) is 9.52. The Morgan fingerprint density at radius 2 is 2.00 bits per heavy atom. The maximum absolute atomic E-state index is 13.5. The Balaban J connectivity index is 2.31. The van der Waals surface area contributed by atoms with Crippen LogP contribution < -0.4 is 4.74 Å². The number of halogens is 3. The summed E-state index contributed by atoms with van der Waals surface area (Å²) in [4.78, 5) is 12.2. The van der Waals surface area contributed by atoms with Gasteiger partial charge in [-0.25, -0.2) is 8.78 Å². The fraction of sp³-hybridized carbons (Fsp3) is 0.133. The summed E-state index contributed by atoms with van der Waals surface area (Å²) in [5, 5.41) is 0.426. The van der Waals surface area contributed by atoms with E-state index in [1.807, 2.05) is 0 Å². The normalized spacial score (nSPS) is 10.4. The van der Waals surface area contributed by atoms with Crippen molar-refractivity contribution < 1.29 is 18.3 Å². The van der Waals surface area contributed by atoms with Crippen molar-refractivity contribution in [1.29, 1.82) is 0 Å². The molecule has 0 amide bonds. The van der Waals surface area contributed by atoms with E-state index in [1.54, 1.807) is 6.07 Å². The highest BCUT2D eigenvalue weighted by Crippen LogP contribution is 2.25. The van der Waals surface area contributed by atoms with Crippen molar-refractivity contribution in [3.63, 3.8) is 0 Å². The number of rotatable bonds is 4. The van der Waals surface area contributed by atoms with Gasteiger partial charge in [0.15, 0.2) is 17.4 Å². The van der Waals surface area contributed by atoms with Crippen molar-refractivity contribution in [2.24, 2.45) is 0 Å². The minimum absolute atomic E-state index is 0.00648. The highest BCUT2D eigenvalue weighted by Gasteiger charge is 2.16. The van der Waals surface area contributed by atoms with Gasteiger partial charge in [0, 0.05) is 11.4 Å². The van der Waals surface area contributed by atoms with Crippen LogP contribution in [0, 0.1) is 11.6 Å². The molecule has 0 bridgehead atoms. The average molecular weight is 297 g/mol. The minimum Gasteiger partial charge on any atom is -0.496 e. The molecule has 2 aromatic rings. The first kappa shape index (κ1) is 14.5. The average Bonchev–Trinajstić information content (AvgIpc) is 2.43. The first-order valence-corrected chi connectivity index (χ1v) is 6.20. The molecule has 2 aromatic carbocycles. The molecular weight excluding hydrogens is 286 g/mol. The van der Waals surface area contributed by atoms with Crippen LogP contribution in [0.2, 0.25) is 5.02 Å². The van der Waals surface area contributed by atoms with Gasteiger partial charge in [0.1, 0.15) is 5.75 Å². The van der Waals surface area contributed by atoms with E-state index < -0.39 is 11.6 Å². The number of Topliss-reactive ketones (excluding diaryl/α,β-unsaturated/α-hetero) is 1. The molecule has 20 heavy (non-hydrogen) atoms. The molecule has 0 spiro atoms. The van der Waals surface area contributed by atoms with Crippen molar-refractivity contribution in [2.45, 2.75) is 6.42 Å². The molecule has 104 valence electrons. The third-order valence-electron chi connectivity index (χ3n) is 2.85. The molecule has 0 atom stereocenters. The zero-order valence-corrected chi connectivity index (χ0v) is 11.4. The van der Waals surface area contributed by atoms with Gasteiger partial charge < -0.3 is 4.74 Å². The lowest BCUT2D eigenvalue weighted by molar-refractivity contribution is 0.0989. The Kier molecular flexibility index (Phi) is 4.35. The summed E-state index contributed by atoms with van der Waals surface area (Å²) in [6.45, 7) is 0. The van der Waals surface area contributed by atoms with Gasteiger partial charge in [-0.3, -0.25) is 4.79 Å². The number of methoxy groups -OCH3 is 1. The monoisotopic (exact) mass is 296 g/mol. The molecule has 0 saturated carbocycles. The van der Waals surface area contributed by atoms with E-state index in [2.05, 4.69) is 0 Å². The molecular formula is C15H11ClF2O2. The first-order valence-electron chi connectivity index (χ1n) is 5.82. The van der Waals surface area contributed by atoms with Crippen molar-refractivity contribution >= 4 is 17.4 Å². The van der Waals surface area contributed by atoms with Gasteiger partial charge in [0.2, 0.25) is 0 Å². The molecule has 2 rings (SSSR count). The van der Waals surface area contributed by atoms with Crippen LogP contribution >= 0.6 is 11.6 Å². The van der Waals surface area contributed by atoms with E-state index >= 15 is 0 Å². The summed E-state index contributed by atoms with van der Waals surface area (Å²) in [6.07, 6.45) is -0.248. The van der Waals surface area contributed by atoms with E-state index in [0.717, 1.165) is 6.07 Å². The van der Waals surface area contributed by atoms with E-state index in [-0.39, 0.29) is 23.3 Å². The van der Waals surface area contributed by atoms with Crippen LogP contribution in [0.25, 0.3) is 0 Å². The van der Waals surface area contributed by atoms with Crippen molar-refractivity contribution in [2.75, 3.05) is 7.11 Å². The lowest BCUT2D eigenvalue weighted by Gasteiger charge is -2.08. The predicted octanol–water partition coefficient (Wildman–Crippen LogP) is 4.05. The van der Waals surface area contributed by atoms with Crippen molar-refractivity contribution in [3.8, 4) is 5.75 Å². The number of ether oxygens (including phenoxy) is 1.